The van der Waals surface area contributed by atoms with Gasteiger partial charge in [-0.05, 0) is 35.1 Å². The number of anilines is 1. The summed E-state index contributed by atoms with van der Waals surface area (Å²) in [6.45, 7) is 4.52. The van der Waals surface area contributed by atoms with Gasteiger partial charge < -0.3 is 5.32 Å². The summed E-state index contributed by atoms with van der Waals surface area (Å²) in [4.78, 5) is 4.30. The number of nitrogens with zero attached hydrogens (tertiary/aromatic N) is 2. The van der Waals surface area contributed by atoms with Crippen molar-refractivity contribution in [1.82, 2.24) is 4.98 Å². The van der Waals surface area contributed by atoms with Crippen molar-refractivity contribution in [2.45, 2.75) is 31.7 Å². The van der Waals surface area contributed by atoms with Crippen LogP contribution in [0.3, 0.4) is 0 Å². The van der Waals surface area contributed by atoms with E-state index in [1.165, 1.54) is 11.1 Å². The molecule has 1 aromatic heterocycles. The third-order valence-electron chi connectivity index (χ3n) is 4.02. The quantitative estimate of drug-likeness (QED) is 0.896. The highest BCUT2D eigenvalue weighted by molar-refractivity contribution is 5.54. The highest BCUT2D eigenvalue weighted by Gasteiger charge is 2.36. The van der Waals surface area contributed by atoms with Gasteiger partial charge in [0.2, 0.25) is 0 Å². The van der Waals surface area contributed by atoms with Crippen LogP contribution in [0.5, 0.6) is 0 Å². The maximum Gasteiger partial charge on any atom is 0.144 e. The summed E-state index contributed by atoms with van der Waals surface area (Å²) in [5, 5.41) is 12.6. The largest absolute Gasteiger partial charge is 0.362 e. The average molecular weight is 263 g/mol. The van der Waals surface area contributed by atoms with E-state index in [2.05, 4.69) is 54.5 Å². The molecule has 3 rings (SSSR count). The number of fused-ring (bicyclic) bond motifs is 1. The minimum absolute atomic E-state index is 0.149. The summed E-state index contributed by atoms with van der Waals surface area (Å²) in [6, 6.07) is 14.5. The number of hydrogen-bond acceptors (Lipinski definition) is 3. The first-order chi connectivity index (χ1) is 9.62. The van der Waals surface area contributed by atoms with Crippen LogP contribution < -0.4 is 5.32 Å². The van der Waals surface area contributed by atoms with E-state index in [9.17, 15) is 0 Å². The Morgan fingerprint density at radius 1 is 1.25 bits per heavy atom. The van der Waals surface area contributed by atoms with Crippen LogP contribution in [0.15, 0.2) is 42.6 Å². The SMILES string of the molecule is CC1(C)CC(Nc2ncccc2C#N)c2ccccc21. The van der Waals surface area contributed by atoms with E-state index >= 15 is 0 Å². The molecular formula is C17H17N3. The van der Waals surface area contributed by atoms with E-state index in [0.717, 1.165) is 6.42 Å². The van der Waals surface area contributed by atoms with Gasteiger partial charge in [0.15, 0.2) is 0 Å². The Labute approximate surface area is 119 Å². The van der Waals surface area contributed by atoms with Crippen LogP contribution in [0.2, 0.25) is 0 Å². The van der Waals surface area contributed by atoms with Gasteiger partial charge in [-0.1, -0.05) is 38.1 Å². The van der Waals surface area contributed by atoms with E-state index in [0.29, 0.717) is 11.4 Å². The molecule has 100 valence electrons. The third-order valence-corrected chi connectivity index (χ3v) is 4.02. The second kappa shape index (κ2) is 4.64. The molecule has 2 aromatic rings. The van der Waals surface area contributed by atoms with Crippen molar-refractivity contribution in [2.24, 2.45) is 0 Å². The van der Waals surface area contributed by atoms with Crippen molar-refractivity contribution in [3.05, 3.63) is 59.3 Å². The second-order valence-electron chi connectivity index (χ2n) is 5.88. The molecule has 0 saturated heterocycles. The van der Waals surface area contributed by atoms with Crippen molar-refractivity contribution in [3.63, 3.8) is 0 Å². The number of rotatable bonds is 2. The second-order valence-corrected chi connectivity index (χ2v) is 5.88. The topological polar surface area (TPSA) is 48.7 Å². The Morgan fingerprint density at radius 2 is 2.05 bits per heavy atom. The van der Waals surface area contributed by atoms with Gasteiger partial charge in [0.05, 0.1) is 11.6 Å². The van der Waals surface area contributed by atoms with Gasteiger partial charge in [-0.2, -0.15) is 5.26 Å². The van der Waals surface area contributed by atoms with Crippen molar-refractivity contribution in [2.75, 3.05) is 5.32 Å². The molecule has 3 nitrogen and oxygen atoms in total. The van der Waals surface area contributed by atoms with E-state index in [1.54, 1.807) is 18.3 Å². The normalized spacial score (nSPS) is 19.1. The summed E-state index contributed by atoms with van der Waals surface area (Å²) in [7, 11) is 0. The van der Waals surface area contributed by atoms with E-state index in [-0.39, 0.29) is 11.5 Å². The van der Waals surface area contributed by atoms with Gasteiger partial charge >= 0.3 is 0 Å². The maximum absolute atomic E-state index is 9.16. The van der Waals surface area contributed by atoms with E-state index in [4.69, 9.17) is 5.26 Å². The first-order valence-electron chi connectivity index (χ1n) is 6.83. The highest BCUT2D eigenvalue weighted by atomic mass is 15.0. The van der Waals surface area contributed by atoms with Crippen molar-refractivity contribution < 1.29 is 0 Å². The monoisotopic (exact) mass is 263 g/mol. The molecule has 20 heavy (non-hydrogen) atoms. The Morgan fingerprint density at radius 3 is 2.85 bits per heavy atom. The molecule has 3 heteroatoms. The molecular weight excluding hydrogens is 246 g/mol. The molecule has 1 aromatic carbocycles. The molecule has 0 fully saturated rings. The van der Waals surface area contributed by atoms with Crippen LogP contribution in [-0.2, 0) is 5.41 Å². The molecule has 1 atom stereocenters. The van der Waals surface area contributed by atoms with Gasteiger partial charge in [0.25, 0.3) is 0 Å². The molecule has 1 N–H and O–H groups in total. The number of pyridine rings is 1. The van der Waals surface area contributed by atoms with Crippen molar-refractivity contribution in [3.8, 4) is 6.07 Å². The van der Waals surface area contributed by atoms with Crippen LogP contribution in [-0.4, -0.2) is 4.98 Å². The van der Waals surface area contributed by atoms with Gasteiger partial charge in [0, 0.05) is 6.20 Å². The van der Waals surface area contributed by atoms with Gasteiger partial charge in [-0.15, -0.1) is 0 Å². The standard InChI is InChI=1S/C17H17N3/c1-17(2)10-15(13-7-3-4-8-14(13)17)20-16-12(11-18)6-5-9-19-16/h3-9,15H,10H2,1-2H3,(H,19,20). The highest BCUT2D eigenvalue weighted by Crippen LogP contribution is 2.45. The number of nitrogens with one attached hydrogen (secondary N) is 1. The fraction of sp³-hybridized carbons (Fsp3) is 0.294. The Kier molecular flexibility index (Phi) is 2.94. The predicted octanol–water partition coefficient (Wildman–Crippen LogP) is 3.79. The fourth-order valence-corrected chi connectivity index (χ4v) is 3.05. The minimum atomic E-state index is 0.149. The number of nitriles is 1. The van der Waals surface area contributed by atoms with Crippen LogP contribution >= 0.6 is 0 Å². The van der Waals surface area contributed by atoms with Crippen LogP contribution in [0.1, 0.15) is 43.0 Å². The Hall–Kier alpha value is -2.34. The first kappa shape index (κ1) is 12.7. The Balaban J connectivity index is 1.96. The molecule has 0 radical (unpaired) electrons. The fourth-order valence-electron chi connectivity index (χ4n) is 3.05. The molecule has 0 saturated carbocycles. The summed E-state index contributed by atoms with van der Waals surface area (Å²) >= 11 is 0. The lowest BCUT2D eigenvalue weighted by atomic mass is 9.86. The van der Waals surface area contributed by atoms with Crippen LogP contribution in [0.25, 0.3) is 0 Å². The van der Waals surface area contributed by atoms with Gasteiger partial charge in [-0.25, -0.2) is 4.98 Å². The number of aromatic nitrogens is 1. The maximum atomic E-state index is 9.16. The van der Waals surface area contributed by atoms with Gasteiger partial charge in [0.1, 0.15) is 11.9 Å². The molecule has 0 bridgehead atoms. The zero-order valence-corrected chi connectivity index (χ0v) is 11.7. The lowest BCUT2D eigenvalue weighted by molar-refractivity contribution is 0.493. The van der Waals surface area contributed by atoms with E-state index in [1.807, 2.05) is 0 Å². The average Bonchev–Trinajstić information content (AvgIpc) is 2.71. The zero-order chi connectivity index (χ0) is 14.2. The minimum Gasteiger partial charge on any atom is -0.362 e. The predicted molar refractivity (Wildman–Crippen MR) is 79.4 cm³/mol. The van der Waals surface area contributed by atoms with Crippen LogP contribution in [0, 0.1) is 11.3 Å². The molecule has 1 aliphatic rings. The summed E-state index contributed by atoms with van der Waals surface area (Å²) in [5.41, 5.74) is 3.43. The van der Waals surface area contributed by atoms with Crippen molar-refractivity contribution >= 4 is 5.82 Å². The molecule has 0 amide bonds. The lowest BCUT2D eigenvalue weighted by Crippen LogP contribution is -2.15. The van der Waals surface area contributed by atoms with E-state index < -0.39 is 0 Å². The van der Waals surface area contributed by atoms with Crippen LogP contribution in [0.4, 0.5) is 5.82 Å². The Bertz CT molecular complexity index is 683. The van der Waals surface area contributed by atoms with Gasteiger partial charge in [-0.3, -0.25) is 0 Å². The molecule has 0 aliphatic heterocycles. The molecule has 1 heterocycles. The van der Waals surface area contributed by atoms with Crippen molar-refractivity contribution in [1.29, 1.82) is 5.26 Å². The number of benzene rings is 1. The number of hydrogen-bond donors (Lipinski definition) is 1. The smallest absolute Gasteiger partial charge is 0.144 e. The first-order valence-corrected chi connectivity index (χ1v) is 6.83. The summed E-state index contributed by atoms with van der Waals surface area (Å²) in [6.07, 6.45) is 2.73. The summed E-state index contributed by atoms with van der Waals surface area (Å²) in [5.74, 6) is 0.674. The molecule has 1 aliphatic carbocycles. The molecule has 0 spiro atoms. The zero-order valence-electron chi connectivity index (χ0n) is 11.7. The third kappa shape index (κ3) is 2.04. The molecule has 1 unspecified atom stereocenters. The summed E-state index contributed by atoms with van der Waals surface area (Å²) < 4.78 is 0. The lowest BCUT2D eigenvalue weighted by Gasteiger charge is -2.20.